The lowest BCUT2D eigenvalue weighted by molar-refractivity contribution is -0.136. The van der Waals surface area contributed by atoms with E-state index >= 15 is 0 Å². The summed E-state index contributed by atoms with van der Waals surface area (Å²) in [5, 5.41) is 0.873. The van der Waals surface area contributed by atoms with Crippen LogP contribution >= 0.6 is 11.8 Å². The normalized spacial score (nSPS) is 18.6. The van der Waals surface area contributed by atoms with Crippen LogP contribution in [0.1, 0.15) is 18.4 Å². The van der Waals surface area contributed by atoms with Gasteiger partial charge in [-0.2, -0.15) is 0 Å². The monoisotopic (exact) mass is 491 g/mol. The van der Waals surface area contributed by atoms with E-state index in [-0.39, 0.29) is 17.6 Å². The summed E-state index contributed by atoms with van der Waals surface area (Å²) >= 11 is 1.61. The average molecular weight is 492 g/mol. The van der Waals surface area contributed by atoms with Gasteiger partial charge in [-0.1, -0.05) is 29.5 Å². The molecular formula is C27H30FN5OS. The Morgan fingerprint density at radius 2 is 1.63 bits per heavy atom. The maximum atomic E-state index is 13.4. The molecule has 1 atom stereocenters. The first-order valence-corrected chi connectivity index (χ1v) is 13.0. The number of hydrogen-bond donors (Lipinski definition) is 0. The van der Waals surface area contributed by atoms with Crippen molar-refractivity contribution in [3.05, 3.63) is 72.3 Å². The highest BCUT2D eigenvalue weighted by atomic mass is 32.2. The molecule has 3 aromatic rings. The Hall–Kier alpha value is -3.13. The highest BCUT2D eigenvalue weighted by Gasteiger charge is 2.32. The van der Waals surface area contributed by atoms with Crippen LogP contribution in [0.5, 0.6) is 0 Å². The lowest BCUT2D eigenvalue weighted by atomic mass is 9.96. The third kappa shape index (κ3) is 5.59. The van der Waals surface area contributed by atoms with Crippen molar-refractivity contribution in [2.75, 3.05) is 49.1 Å². The minimum Gasteiger partial charge on any atom is -0.368 e. The lowest BCUT2D eigenvalue weighted by Crippen LogP contribution is -2.52. The number of rotatable bonds is 5. The molecule has 1 amide bonds. The van der Waals surface area contributed by atoms with Gasteiger partial charge in [-0.15, -0.1) is 0 Å². The number of piperazine rings is 1. The van der Waals surface area contributed by atoms with E-state index in [1.165, 1.54) is 17.7 Å². The highest BCUT2D eigenvalue weighted by Crippen LogP contribution is 2.34. The van der Waals surface area contributed by atoms with Crippen molar-refractivity contribution in [3.8, 4) is 0 Å². The van der Waals surface area contributed by atoms with E-state index in [2.05, 4.69) is 51.0 Å². The number of hydrogen-bond acceptors (Lipinski definition) is 6. The predicted molar refractivity (Wildman–Crippen MR) is 137 cm³/mol. The number of benzene rings is 2. The highest BCUT2D eigenvalue weighted by molar-refractivity contribution is 7.99. The molecule has 35 heavy (non-hydrogen) atoms. The maximum Gasteiger partial charge on any atom is 0.227 e. The first-order chi connectivity index (χ1) is 17.1. The summed E-state index contributed by atoms with van der Waals surface area (Å²) in [7, 11) is 0. The summed E-state index contributed by atoms with van der Waals surface area (Å²) in [6, 6.07) is 15.0. The summed E-state index contributed by atoms with van der Waals surface area (Å²) in [6.45, 7) is 6.51. The molecule has 0 spiro atoms. The van der Waals surface area contributed by atoms with E-state index in [1.807, 2.05) is 4.90 Å². The Balaban J connectivity index is 1.22. The molecule has 0 aliphatic carbocycles. The zero-order valence-corrected chi connectivity index (χ0v) is 20.8. The second-order valence-electron chi connectivity index (χ2n) is 9.17. The zero-order chi connectivity index (χ0) is 24.2. The fourth-order valence-electron chi connectivity index (χ4n) is 4.79. The number of halogens is 1. The minimum absolute atomic E-state index is 0.0413. The third-order valence-electron chi connectivity index (χ3n) is 6.74. The van der Waals surface area contributed by atoms with Crippen molar-refractivity contribution in [1.29, 1.82) is 0 Å². The van der Waals surface area contributed by atoms with Crippen LogP contribution in [0.4, 0.5) is 15.9 Å². The van der Waals surface area contributed by atoms with Crippen LogP contribution in [0.3, 0.4) is 0 Å². The van der Waals surface area contributed by atoms with Gasteiger partial charge in [-0.05, 0) is 56.2 Å². The van der Waals surface area contributed by atoms with Gasteiger partial charge in [-0.25, -0.2) is 14.4 Å². The Morgan fingerprint density at radius 1 is 0.914 bits per heavy atom. The SMILES string of the molecule is Cc1ccc(Sc2nccnc2N2CCC[C@@H](C(=O)N3CCN(c4ccc(F)cc4)CC3)C2)cc1. The third-order valence-corrected chi connectivity index (χ3v) is 7.72. The minimum atomic E-state index is -0.229. The molecule has 2 aliphatic rings. The summed E-state index contributed by atoms with van der Waals surface area (Å²) in [6.07, 6.45) is 5.31. The molecule has 5 rings (SSSR count). The van der Waals surface area contributed by atoms with E-state index in [9.17, 15) is 9.18 Å². The van der Waals surface area contributed by atoms with Gasteiger partial charge < -0.3 is 14.7 Å². The van der Waals surface area contributed by atoms with E-state index < -0.39 is 0 Å². The number of piperidine rings is 1. The van der Waals surface area contributed by atoms with Crippen LogP contribution in [0.15, 0.2) is 70.8 Å². The molecule has 2 aromatic carbocycles. The summed E-state index contributed by atoms with van der Waals surface area (Å²) < 4.78 is 13.2. The van der Waals surface area contributed by atoms with Crippen molar-refractivity contribution < 1.29 is 9.18 Å². The van der Waals surface area contributed by atoms with Crippen LogP contribution in [0.2, 0.25) is 0 Å². The molecule has 0 unspecified atom stereocenters. The lowest BCUT2D eigenvalue weighted by Gasteiger charge is -2.40. The fourth-order valence-corrected chi connectivity index (χ4v) is 5.67. The smallest absolute Gasteiger partial charge is 0.227 e. The molecule has 2 saturated heterocycles. The molecule has 182 valence electrons. The standard InChI is InChI=1S/C27H30FN5OS/c1-20-4-10-24(11-5-20)35-26-25(29-12-13-30-26)33-14-2-3-21(19-33)27(34)32-17-15-31(16-18-32)23-8-6-22(28)7-9-23/h4-13,21H,2-3,14-19H2,1H3/t21-/m1/s1. The molecule has 0 saturated carbocycles. The molecule has 2 aliphatic heterocycles. The molecule has 1 aromatic heterocycles. The van der Waals surface area contributed by atoms with Crippen molar-refractivity contribution in [3.63, 3.8) is 0 Å². The number of anilines is 2. The number of amides is 1. The predicted octanol–water partition coefficient (Wildman–Crippen LogP) is 4.64. The Bertz CT molecular complexity index is 1150. The Kier molecular flexibility index (Phi) is 7.18. The van der Waals surface area contributed by atoms with Gasteiger partial charge in [0.2, 0.25) is 5.91 Å². The van der Waals surface area contributed by atoms with E-state index in [0.717, 1.165) is 53.9 Å². The molecule has 3 heterocycles. The van der Waals surface area contributed by atoms with Crippen LogP contribution in [-0.4, -0.2) is 60.0 Å². The topological polar surface area (TPSA) is 52.6 Å². The average Bonchev–Trinajstić information content (AvgIpc) is 2.90. The largest absolute Gasteiger partial charge is 0.368 e. The molecule has 0 bridgehead atoms. The first kappa shape index (κ1) is 23.6. The summed E-state index contributed by atoms with van der Waals surface area (Å²) in [5.74, 6) is 0.815. The summed E-state index contributed by atoms with van der Waals surface area (Å²) in [5.41, 5.74) is 2.23. The number of aryl methyl sites for hydroxylation is 1. The van der Waals surface area contributed by atoms with Gasteiger partial charge in [0.1, 0.15) is 10.8 Å². The van der Waals surface area contributed by atoms with Gasteiger partial charge in [-0.3, -0.25) is 4.79 Å². The Labute approximate surface area is 210 Å². The zero-order valence-electron chi connectivity index (χ0n) is 19.9. The maximum absolute atomic E-state index is 13.4. The van der Waals surface area contributed by atoms with E-state index in [1.54, 1.807) is 36.3 Å². The number of carbonyl (C=O) groups excluding carboxylic acids is 1. The molecule has 2 fully saturated rings. The van der Waals surface area contributed by atoms with Crippen LogP contribution in [0, 0.1) is 18.7 Å². The molecule has 0 N–H and O–H groups in total. The van der Waals surface area contributed by atoms with Crippen LogP contribution in [-0.2, 0) is 4.79 Å². The van der Waals surface area contributed by atoms with Crippen LogP contribution < -0.4 is 9.80 Å². The van der Waals surface area contributed by atoms with Gasteiger partial charge in [0, 0.05) is 62.2 Å². The van der Waals surface area contributed by atoms with Crippen molar-refractivity contribution in [2.45, 2.75) is 29.7 Å². The fraction of sp³-hybridized carbons (Fsp3) is 0.370. The van der Waals surface area contributed by atoms with Crippen molar-refractivity contribution in [2.24, 2.45) is 5.92 Å². The number of carbonyl (C=O) groups is 1. The molecule has 8 heteroatoms. The first-order valence-electron chi connectivity index (χ1n) is 12.2. The van der Waals surface area contributed by atoms with Crippen LogP contribution in [0.25, 0.3) is 0 Å². The Morgan fingerprint density at radius 3 is 2.37 bits per heavy atom. The summed E-state index contributed by atoms with van der Waals surface area (Å²) in [4.78, 5) is 30.2. The molecule has 6 nitrogen and oxygen atoms in total. The van der Waals surface area contributed by atoms with Gasteiger partial charge in [0.25, 0.3) is 0 Å². The van der Waals surface area contributed by atoms with Crippen molar-refractivity contribution >= 4 is 29.2 Å². The molecular weight excluding hydrogens is 461 g/mol. The second kappa shape index (κ2) is 10.6. The van der Waals surface area contributed by atoms with Gasteiger partial charge in [0.15, 0.2) is 5.82 Å². The van der Waals surface area contributed by atoms with E-state index in [0.29, 0.717) is 19.6 Å². The van der Waals surface area contributed by atoms with Gasteiger partial charge >= 0.3 is 0 Å². The van der Waals surface area contributed by atoms with E-state index in [4.69, 9.17) is 0 Å². The quantitative estimate of drug-likeness (QED) is 0.518. The van der Waals surface area contributed by atoms with Gasteiger partial charge in [0.05, 0.1) is 5.92 Å². The van der Waals surface area contributed by atoms with Crippen molar-refractivity contribution in [1.82, 2.24) is 14.9 Å². The second-order valence-corrected chi connectivity index (χ2v) is 10.2. The molecule has 0 radical (unpaired) electrons. The number of nitrogens with zero attached hydrogens (tertiary/aromatic N) is 5. The number of aromatic nitrogens is 2.